The fraction of sp³-hybridized carbons (Fsp3) is 0.733. The molecule has 1 N–H and O–H groups in total. The smallest absolute Gasteiger partial charge is 0.109 e. The Labute approximate surface area is 104 Å². The van der Waals surface area contributed by atoms with Gasteiger partial charge in [-0.25, -0.2) is 0 Å². The van der Waals surface area contributed by atoms with E-state index in [0.717, 1.165) is 18.1 Å². The molecule has 0 bridgehead atoms. The van der Waals surface area contributed by atoms with E-state index in [2.05, 4.69) is 32.2 Å². The third kappa shape index (κ3) is 2.42. The summed E-state index contributed by atoms with van der Waals surface area (Å²) >= 11 is 0. The molecule has 0 saturated heterocycles. The van der Waals surface area contributed by atoms with Crippen molar-refractivity contribution in [3.63, 3.8) is 0 Å². The molecule has 0 spiro atoms. The summed E-state index contributed by atoms with van der Waals surface area (Å²) < 4.78 is 5.85. The van der Waals surface area contributed by atoms with Crippen molar-refractivity contribution in [1.29, 1.82) is 0 Å². The van der Waals surface area contributed by atoms with Gasteiger partial charge < -0.3 is 9.73 Å². The van der Waals surface area contributed by atoms with Crippen LogP contribution in [0.5, 0.6) is 0 Å². The van der Waals surface area contributed by atoms with Gasteiger partial charge in [-0.1, -0.05) is 13.8 Å². The van der Waals surface area contributed by atoms with Gasteiger partial charge in [0.05, 0.1) is 0 Å². The van der Waals surface area contributed by atoms with Crippen molar-refractivity contribution in [2.24, 2.45) is 11.3 Å². The van der Waals surface area contributed by atoms with E-state index in [1.165, 1.54) is 37.1 Å². The summed E-state index contributed by atoms with van der Waals surface area (Å²) in [4.78, 5) is 0. The molecular formula is C15H23NO. The van der Waals surface area contributed by atoms with Crippen molar-refractivity contribution < 1.29 is 4.42 Å². The number of rotatable bonds is 3. The summed E-state index contributed by atoms with van der Waals surface area (Å²) in [6, 6.07) is 2.74. The van der Waals surface area contributed by atoms with Crippen LogP contribution < -0.4 is 5.32 Å². The first kappa shape index (κ1) is 11.3. The summed E-state index contributed by atoms with van der Waals surface area (Å²) in [5.41, 5.74) is 1.78. The summed E-state index contributed by atoms with van der Waals surface area (Å²) in [5, 5.41) is 3.75. The fourth-order valence-electron chi connectivity index (χ4n) is 3.00. The lowest BCUT2D eigenvalue weighted by Gasteiger charge is -2.35. The molecule has 94 valence electrons. The molecule has 2 aliphatic rings. The topological polar surface area (TPSA) is 25.2 Å². The van der Waals surface area contributed by atoms with E-state index in [0.29, 0.717) is 11.5 Å². The highest BCUT2D eigenvalue weighted by molar-refractivity contribution is 5.29. The molecule has 3 rings (SSSR count). The number of furan rings is 1. The Hall–Kier alpha value is -0.760. The number of nitrogens with one attached hydrogen (secondary N) is 1. The van der Waals surface area contributed by atoms with Crippen LogP contribution in [-0.2, 0) is 6.42 Å². The molecule has 1 unspecified atom stereocenters. The number of aryl methyl sites for hydroxylation is 1. The molecule has 17 heavy (non-hydrogen) atoms. The highest BCUT2D eigenvalue weighted by Crippen LogP contribution is 2.42. The van der Waals surface area contributed by atoms with E-state index < -0.39 is 0 Å². The summed E-state index contributed by atoms with van der Waals surface area (Å²) in [6.07, 6.45) is 5.14. The summed E-state index contributed by atoms with van der Waals surface area (Å²) in [6.45, 7) is 7.94. The molecule has 1 fully saturated rings. The van der Waals surface area contributed by atoms with Gasteiger partial charge in [0.2, 0.25) is 0 Å². The fourth-order valence-corrected chi connectivity index (χ4v) is 3.00. The van der Waals surface area contributed by atoms with Crippen LogP contribution in [0.3, 0.4) is 0 Å². The predicted molar refractivity (Wildman–Crippen MR) is 69.0 cm³/mol. The third-order valence-corrected chi connectivity index (χ3v) is 4.09. The number of hydrogen-bond acceptors (Lipinski definition) is 2. The molecular weight excluding hydrogens is 210 g/mol. The van der Waals surface area contributed by atoms with Crippen molar-refractivity contribution in [1.82, 2.24) is 5.32 Å². The molecule has 1 heterocycles. The number of hydrogen-bond donors (Lipinski definition) is 1. The van der Waals surface area contributed by atoms with Crippen LogP contribution in [-0.4, -0.2) is 6.54 Å². The lowest BCUT2D eigenvalue weighted by molar-refractivity contribution is 0.233. The highest BCUT2D eigenvalue weighted by atomic mass is 16.3. The SMILES string of the molecule is Cc1cc2c(o1)CC(C)(C)CC2NCC1CC1. The Balaban J connectivity index is 1.80. The van der Waals surface area contributed by atoms with Gasteiger partial charge in [-0.3, -0.25) is 0 Å². The molecule has 1 atom stereocenters. The molecule has 1 saturated carbocycles. The van der Waals surface area contributed by atoms with Gasteiger partial charge in [0.25, 0.3) is 0 Å². The van der Waals surface area contributed by atoms with Gasteiger partial charge in [0.1, 0.15) is 11.5 Å². The van der Waals surface area contributed by atoms with Crippen LogP contribution in [0.4, 0.5) is 0 Å². The minimum absolute atomic E-state index is 0.360. The quantitative estimate of drug-likeness (QED) is 0.863. The molecule has 1 aromatic heterocycles. The average Bonchev–Trinajstić information content (AvgIpc) is 2.96. The minimum Gasteiger partial charge on any atom is -0.466 e. The van der Waals surface area contributed by atoms with Crippen LogP contribution in [0, 0.1) is 18.3 Å². The van der Waals surface area contributed by atoms with Crippen LogP contribution in [0.15, 0.2) is 10.5 Å². The standard InChI is InChI=1S/C15H23NO/c1-10-6-12-13(16-9-11-4-5-11)7-15(2,3)8-14(12)17-10/h6,11,13,16H,4-5,7-9H2,1-3H3. The highest BCUT2D eigenvalue weighted by Gasteiger charge is 2.35. The first-order valence-corrected chi connectivity index (χ1v) is 6.86. The van der Waals surface area contributed by atoms with Gasteiger partial charge in [0, 0.05) is 18.0 Å². The molecule has 1 aromatic rings. The van der Waals surface area contributed by atoms with Crippen molar-refractivity contribution in [2.45, 2.75) is 52.5 Å². The Morgan fingerprint density at radius 2 is 2.18 bits per heavy atom. The predicted octanol–water partition coefficient (Wildman–Crippen LogP) is 3.60. The van der Waals surface area contributed by atoms with Crippen molar-refractivity contribution in [3.05, 3.63) is 23.2 Å². The second-order valence-electron chi connectivity index (χ2n) is 6.68. The van der Waals surface area contributed by atoms with Gasteiger partial charge in [-0.15, -0.1) is 0 Å². The lowest BCUT2D eigenvalue weighted by atomic mass is 9.74. The van der Waals surface area contributed by atoms with E-state index >= 15 is 0 Å². The lowest BCUT2D eigenvalue weighted by Crippen LogP contribution is -2.33. The molecule has 0 amide bonds. The second kappa shape index (κ2) is 3.88. The maximum Gasteiger partial charge on any atom is 0.109 e. The summed E-state index contributed by atoms with van der Waals surface area (Å²) in [7, 11) is 0. The first-order chi connectivity index (χ1) is 8.03. The van der Waals surface area contributed by atoms with Gasteiger partial charge >= 0.3 is 0 Å². The van der Waals surface area contributed by atoms with Crippen molar-refractivity contribution in [2.75, 3.05) is 6.54 Å². The monoisotopic (exact) mass is 233 g/mol. The van der Waals surface area contributed by atoms with E-state index in [9.17, 15) is 0 Å². The summed E-state index contributed by atoms with van der Waals surface area (Å²) in [5.74, 6) is 3.22. The zero-order valence-corrected chi connectivity index (χ0v) is 11.2. The normalized spacial score (nSPS) is 26.9. The van der Waals surface area contributed by atoms with Crippen LogP contribution in [0.2, 0.25) is 0 Å². The van der Waals surface area contributed by atoms with Gasteiger partial charge in [-0.2, -0.15) is 0 Å². The second-order valence-corrected chi connectivity index (χ2v) is 6.68. The van der Waals surface area contributed by atoms with Crippen LogP contribution in [0.1, 0.15) is 56.2 Å². The average molecular weight is 233 g/mol. The molecule has 2 nitrogen and oxygen atoms in total. The van der Waals surface area contributed by atoms with Gasteiger partial charge in [-0.05, 0) is 50.1 Å². The molecule has 2 aliphatic carbocycles. The van der Waals surface area contributed by atoms with E-state index in [4.69, 9.17) is 4.42 Å². The largest absolute Gasteiger partial charge is 0.466 e. The molecule has 0 radical (unpaired) electrons. The van der Waals surface area contributed by atoms with Crippen LogP contribution in [0.25, 0.3) is 0 Å². The van der Waals surface area contributed by atoms with E-state index in [-0.39, 0.29) is 0 Å². The van der Waals surface area contributed by atoms with E-state index in [1.807, 2.05) is 0 Å². The maximum atomic E-state index is 5.85. The Morgan fingerprint density at radius 1 is 1.41 bits per heavy atom. The molecule has 0 aliphatic heterocycles. The maximum absolute atomic E-state index is 5.85. The zero-order chi connectivity index (χ0) is 12.0. The Bertz CT molecular complexity index is 415. The Kier molecular flexibility index (Phi) is 2.58. The molecule has 2 heteroatoms. The molecule has 0 aromatic carbocycles. The van der Waals surface area contributed by atoms with E-state index in [1.54, 1.807) is 0 Å². The van der Waals surface area contributed by atoms with Crippen LogP contribution >= 0.6 is 0 Å². The zero-order valence-electron chi connectivity index (χ0n) is 11.2. The van der Waals surface area contributed by atoms with Crippen molar-refractivity contribution in [3.8, 4) is 0 Å². The van der Waals surface area contributed by atoms with Gasteiger partial charge in [0.15, 0.2) is 0 Å². The third-order valence-electron chi connectivity index (χ3n) is 4.09. The first-order valence-electron chi connectivity index (χ1n) is 6.86. The Morgan fingerprint density at radius 3 is 2.88 bits per heavy atom. The minimum atomic E-state index is 0.360. The number of fused-ring (bicyclic) bond motifs is 1. The van der Waals surface area contributed by atoms with Crippen molar-refractivity contribution >= 4 is 0 Å².